The molecule has 1 atom stereocenters. The average Bonchev–Trinajstić information content (AvgIpc) is 2.27. The number of hydrogen-bond acceptors (Lipinski definition) is 4. The van der Waals surface area contributed by atoms with E-state index in [1.165, 1.54) is 11.2 Å². The fourth-order valence-electron chi connectivity index (χ4n) is 2.12. The van der Waals surface area contributed by atoms with Crippen LogP contribution in [0.5, 0.6) is 0 Å². The van der Waals surface area contributed by atoms with Crippen LogP contribution in [-0.4, -0.2) is 28.2 Å². The highest BCUT2D eigenvalue weighted by Crippen LogP contribution is 2.26. The second-order valence-corrected chi connectivity index (χ2v) is 5.93. The summed E-state index contributed by atoms with van der Waals surface area (Å²) >= 11 is 0. The van der Waals surface area contributed by atoms with Crippen molar-refractivity contribution in [3.8, 4) is 0 Å². The van der Waals surface area contributed by atoms with Gasteiger partial charge < -0.3 is 9.72 Å². The van der Waals surface area contributed by atoms with Gasteiger partial charge in [0.15, 0.2) is 0 Å². The molecule has 0 saturated heterocycles. The van der Waals surface area contributed by atoms with Crippen molar-refractivity contribution in [3.05, 3.63) is 22.2 Å². The summed E-state index contributed by atoms with van der Waals surface area (Å²) in [5.74, 6) is 0.612. The van der Waals surface area contributed by atoms with Crippen LogP contribution in [0, 0.1) is 5.92 Å². The SMILES string of the molecule is C[C@@H]1Cc2c(nc[nH]c2=O)N(C(=O)OC(C)(C)C)C1. The van der Waals surface area contributed by atoms with Crippen LogP contribution in [-0.2, 0) is 11.2 Å². The summed E-state index contributed by atoms with van der Waals surface area (Å²) in [5.41, 5.74) is -0.212. The summed E-state index contributed by atoms with van der Waals surface area (Å²) in [6, 6.07) is 0. The summed E-state index contributed by atoms with van der Waals surface area (Å²) in [4.78, 5) is 32.1. The van der Waals surface area contributed by atoms with E-state index < -0.39 is 11.7 Å². The van der Waals surface area contributed by atoms with Gasteiger partial charge in [-0.3, -0.25) is 9.69 Å². The highest BCUT2D eigenvalue weighted by atomic mass is 16.6. The number of amides is 1. The molecular formula is C13H19N3O3. The second kappa shape index (κ2) is 4.68. The summed E-state index contributed by atoms with van der Waals surface area (Å²) in [7, 11) is 0. The monoisotopic (exact) mass is 265 g/mol. The van der Waals surface area contributed by atoms with Gasteiger partial charge >= 0.3 is 6.09 Å². The lowest BCUT2D eigenvalue weighted by Crippen LogP contribution is -2.44. The van der Waals surface area contributed by atoms with E-state index in [0.29, 0.717) is 24.3 Å². The van der Waals surface area contributed by atoms with Gasteiger partial charge in [-0.25, -0.2) is 9.78 Å². The Hall–Kier alpha value is -1.85. The minimum Gasteiger partial charge on any atom is -0.443 e. The number of carbonyl (C=O) groups excluding carboxylic acids is 1. The van der Waals surface area contributed by atoms with Gasteiger partial charge in [0.05, 0.1) is 11.9 Å². The number of ether oxygens (including phenoxy) is 1. The Labute approximate surface area is 111 Å². The Balaban J connectivity index is 2.36. The summed E-state index contributed by atoms with van der Waals surface area (Å²) in [5, 5.41) is 0. The molecule has 6 nitrogen and oxygen atoms in total. The summed E-state index contributed by atoms with van der Waals surface area (Å²) in [6.07, 6.45) is 1.48. The highest BCUT2D eigenvalue weighted by Gasteiger charge is 2.32. The van der Waals surface area contributed by atoms with Gasteiger partial charge in [0, 0.05) is 6.54 Å². The van der Waals surface area contributed by atoms with Crippen molar-refractivity contribution in [2.24, 2.45) is 5.92 Å². The Morgan fingerprint density at radius 1 is 1.53 bits per heavy atom. The van der Waals surface area contributed by atoms with Crippen molar-refractivity contribution in [2.75, 3.05) is 11.4 Å². The number of nitrogens with one attached hydrogen (secondary N) is 1. The largest absolute Gasteiger partial charge is 0.443 e. The van der Waals surface area contributed by atoms with E-state index in [1.807, 2.05) is 27.7 Å². The molecule has 104 valence electrons. The number of hydrogen-bond donors (Lipinski definition) is 1. The molecule has 1 aromatic rings. The fourth-order valence-corrected chi connectivity index (χ4v) is 2.12. The zero-order valence-electron chi connectivity index (χ0n) is 11.7. The Kier molecular flexibility index (Phi) is 3.34. The van der Waals surface area contributed by atoms with E-state index in [-0.39, 0.29) is 11.5 Å². The lowest BCUT2D eigenvalue weighted by atomic mass is 9.97. The Bertz CT molecular complexity index is 545. The molecule has 0 saturated carbocycles. The number of nitrogens with zero attached hydrogens (tertiary/aromatic N) is 2. The van der Waals surface area contributed by atoms with Crippen LogP contribution in [0.4, 0.5) is 10.6 Å². The van der Waals surface area contributed by atoms with Crippen molar-refractivity contribution in [2.45, 2.75) is 39.7 Å². The maximum Gasteiger partial charge on any atom is 0.416 e. The standard InChI is InChI=1S/C13H19N3O3/c1-8-5-9-10(14-7-15-11(9)17)16(6-8)12(18)19-13(2,3)4/h7-8H,5-6H2,1-4H3,(H,14,15,17)/t8-/m1/s1. The summed E-state index contributed by atoms with van der Waals surface area (Å²) in [6.45, 7) is 7.93. The van der Waals surface area contributed by atoms with Gasteiger partial charge in [0.1, 0.15) is 11.4 Å². The fraction of sp³-hybridized carbons (Fsp3) is 0.615. The number of H-pyrrole nitrogens is 1. The van der Waals surface area contributed by atoms with E-state index in [0.717, 1.165) is 0 Å². The normalized spacial score (nSPS) is 18.9. The molecule has 2 rings (SSSR count). The van der Waals surface area contributed by atoms with Crippen molar-refractivity contribution in [1.29, 1.82) is 0 Å². The first-order valence-electron chi connectivity index (χ1n) is 6.35. The molecule has 0 spiro atoms. The van der Waals surface area contributed by atoms with Crippen LogP contribution in [0.3, 0.4) is 0 Å². The van der Waals surface area contributed by atoms with Crippen molar-refractivity contribution in [1.82, 2.24) is 9.97 Å². The van der Waals surface area contributed by atoms with Gasteiger partial charge in [-0.1, -0.05) is 6.92 Å². The molecule has 19 heavy (non-hydrogen) atoms. The molecule has 6 heteroatoms. The third-order valence-corrected chi connectivity index (χ3v) is 2.84. The molecule has 0 aromatic carbocycles. The topological polar surface area (TPSA) is 75.3 Å². The molecule has 0 radical (unpaired) electrons. The van der Waals surface area contributed by atoms with Crippen LogP contribution in [0.25, 0.3) is 0 Å². The van der Waals surface area contributed by atoms with Gasteiger partial charge in [-0.15, -0.1) is 0 Å². The molecule has 1 aromatic heterocycles. The van der Waals surface area contributed by atoms with Gasteiger partial charge in [-0.05, 0) is 33.1 Å². The molecule has 0 fully saturated rings. The lowest BCUT2D eigenvalue weighted by molar-refractivity contribution is 0.0570. The number of aromatic nitrogens is 2. The number of rotatable bonds is 0. The molecule has 0 bridgehead atoms. The molecule has 0 unspecified atom stereocenters. The van der Waals surface area contributed by atoms with Gasteiger partial charge in [-0.2, -0.15) is 0 Å². The minimum atomic E-state index is -0.570. The van der Waals surface area contributed by atoms with Crippen molar-refractivity contribution < 1.29 is 9.53 Å². The quantitative estimate of drug-likeness (QED) is 0.774. The first-order chi connectivity index (χ1) is 8.78. The van der Waals surface area contributed by atoms with Crippen LogP contribution in [0.1, 0.15) is 33.3 Å². The lowest BCUT2D eigenvalue weighted by Gasteiger charge is -2.32. The highest BCUT2D eigenvalue weighted by molar-refractivity contribution is 5.88. The predicted molar refractivity (Wildman–Crippen MR) is 71.3 cm³/mol. The number of fused-ring (bicyclic) bond motifs is 1. The Morgan fingerprint density at radius 2 is 2.21 bits per heavy atom. The molecule has 2 heterocycles. The van der Waals surface area contributed by atoms with Gasteiger partial charge in [0.25, 0.3) is 5.56 Å². The number of aromatic amines is 1. The maximum atomic E-state index is 12.2. The van der Waals surface area contributed by atoms with E-state index >= 15 is 0 Å². The minimum absolute atomic E-state index is 0.190. The molecule has 1 N–H and O–H groups in total. The van der Waals surface area contributed by atoms with Crippen molar-refractivity contribution >= 4 is 11.9 Å². The van der Waals surface area contributed by atoms with E-state index in [4.69, 9.17) is 4.74 Å². The van der Waals surface area contributed by atoms with Crippen LogP contribution >= 0.6 is 0 Å². The molecular weight excluding hydrogens is 246 g/mol. The summed E-state index contributed by atoms with van der Waals surface area (Å²) < 4.78 is 5.36. The third kappa shape index (κ3) is 2.94. The molecule has 0 aliphatic carbocycles. The van der Waals surface area contributed by atoms with E-state index in [1.54, 1.807) is 0 Å². The van der Waals surface area contributed by atoms with Crippen molar-refractivity contribution in [3.63, 3.8) is 0 Å². The third-order valence-electron chi connectivity index (χ3n) is 2.84. The first-order valence-corrected chi connectivity index (χ1v) is 6.35. The number of anilines is 1. The first kappa shape index (κ1) is 13.6. The molecule has 1 amide bonds. The second-order valence-electron chi connectivity index (χ2n) is 5.93. The van der Waals surface area contributed by atoms with Crippen LogP contribution < -0.4 is 10.5 Å². The van der Waals surface area contributed by atoms with E-state index in [2.05, 4.69) is 9.97 Å². The average molecular weight is 265 g/mol. The molecule has 1 aliphatic heterocycles. The maximum absolute atomic E-state index is 12.2. The molecule has 1 aliphatic rings. The van der Waals surface area contributed by atoms with E-state index in [9.17, 15) is 9.59 Å². The zero-order chi connectivity index (χ0) is 14.2. The van der Waals surface area contributed by atoms with Gasteiger partial charge in [0.2, 0.25) is 0 Å². The Morgan fingerprint density at radius 3 is 2.84 bits per heavy atom. The van der Waals surface area contributed by atoms with Crippen LogP contribution in [0.15, 0.2) is 11.1 Å². The number of carbonyl (C=O) groups is 1. The predicted octanol–water partition coefficient (Wildman–Crippen LogP) is 1.70. The van der Waals surface area contributed by atoms with Crippen LogP contribution in [0.2, 0.25) is 0 Å². The zero-order valence-corrected chi connectivity index (χ0v) is 11.7. The smallest absolute Gasteiger partial charge is 0.416 e.